The van der Waals surface area contributed by atoms with Crippen molar-refractivity contribution in [1.29, 1.82) is 0 Å². The number of aryl methyl sites for hydroxylation is 1. The van der Waals surface area contributed by atoms with Crippen molar-refractivity contribution >= 4 is 7.92 Å². The Labute approximate surface area is 109 Å². The van der Waals surface area contributed by atoms with Gasteiger partial charge in [0.2, 0.25) is 0 Å². The molecule has 1 rings (SSSR count). The Kier molecular flexibility index (Phi) is 4.42. The Balaban J connectivity index is 2.92. The highest BCUT2D eigenvalue weighted by Crippen LogP contribution is 2.61. The van der Waals surface area contributed by atoms with Gasteiger partial charge in [0, 0.05) is 0 Å². The zero-order valence-electron chi connectivity index (χ0n) is 12.5. The van der Waals surface area contributed by atoms with Crippen molar-refractivity contribution in [3.63, 3.8) is 0 Å². The molecule has 0 aliphatic rings. The van der Waals surface area contributed by atoms with Gasteiger partial charge in [-0.2, -0.15) is 0 Å². The van der Waals surface area contributed by atoms with Crippen LogP contribution in [0.5, 0.6) is 0 Å². The quantitative estimate of drug-likeness (QED) is 0.601. The summed E-state index contributed by atoms with van der Waals surface area (Å²) in [4.78, 5) is 0. The second kappa shape index (κ2) is 5.11. The Morgan fingerprint density at radius 1 is 0.824 bits per heavy atom. The second-order valence-electron chi connectivity index (χ2n) is 6.91. The SMILES string of the molecule is Cc1ccc(CP(C(C)(C)C)C(C)(C)C)cc1. The largest absolute Gasteiger partial charge is 0.0911 e. The van der Waals surface area contributed by atoms with Crippen LogP contribution in [0.25, 0.3) is 0 Å². The molecule has 0 radical (unpaired) electrons. The molecule has 0 saturated heterocycles. The molecule has 0 N–H and O–H groups in total. The molecular weight excluding hydrogens is 223 g/mol. The van der Waals surface area contributed by atoms with E-state index in [0.29, 0.717) is 10.3 Å². The summed E-state index contributed by atoms with van der Waals surface area (Å²) >= 11 is 0. The fraction of sp³-hybridized carbons (Fsp3) is 0.625. The van der Waals surface area contributed by atoms with E-state index >= 15 is 0 Å². The Morgan fingerprint density at radius 3 is 1.59 bits per heavy atom. The van der Waals surface area contributed by atoms with E-state index < -0.39 is 0 Å². The van der Waals surface area contributed by atoms with E-state index in [1.54, 1.807) is 0 Å². The molecule has 17 heavy (non-hydrogen) atoms. The lowest BCUT2D eigenvalue weighted by atomic mass is 10.2. The molecule has 0 bridgehead atoms. The summed E-state index contributed by atoms with van der Waals surface area (Å²) in [5.41, 5.74) is 2.84. The highest BCUT2D eigenvalue weighted by atomic mass is 31.1. The fourth-order valence-electron chi connectivity index (χ4n) is 2.36. The average Bonchev–Trinajstić information content (AvgIpc) is 2.13. The van der Waals surface area contributed by atoms with Crippen molar-refractivity contribution in [1.82, 2.24) is 0 Å². The number of rotatable bonds is 2. The molecule has 1 aromatic carbocycles. The van der Waals surface area contributed by atoms with Gasteiger partial charge in [0.1, 0.15) is 0 Å². The predicted octanol–water partition coefficient (Wildman–Crippen LogP) is 5.57. The smallest absolute Gasteiger partial charge is 0.00637 e. The van der Waals surface area contributed by atoms with E-state index in [-0.39, 0.29) is 7.92 Å². The van der Waals surface area contributed by atoms with Crippen molar-refractivity contribution in [3.05, 3.63) is 35.4 Å². The van der Waals surface area contributed by atoms with E-state index in [0.717, 1.165) is 0 Å². The molecule has 0 saturated carbocycles. The van der Waals surface area contributed by atoms with Gasteiger partial charge in [-0.25, -0.2) is 0 Å². The maximum atomic E-state index is 2.39. The van der Waals surface area contributed by atoms with Crippen molar-refractivity contribution in [3.8, 4) is 0 Å². The van der Waals surface area contributed by atoms with Gasteiger partial charge in [0.05, 0.1) is 0 Å². The van der Waals surface area contributed by atoms with E-state index in [1.165, 1.54) is 17.3 Å². The summed E-state index contributed by atoms with van der Waals surface area (Å²) in [7, 11) is -0.0287. The lowest BCUT2D eigenvalue weighted by Gasteiger charge is -2.41. The maximum Gasteiger partial charge on any atom is -0.00637 e. The fourth-order valence-corrected chi connectivity index (χ4v) is 5.89. The van der Waals surface area contributed by atoms with Gasteiger partial charge in [0.25, 0.3) is 0 Å². The van der Waals surface area contributed by atoms with Crippen LogP contribution in [0.1, 0.15) is 52.7 Å². The minimum Gasteiger partial charge on any atom is -0.0911 e. The molecule has 0 spiro atoms. The predicted molar refractivity (Wildman–Crippen MR) is 81.3 cm³/mol. The minimum atomic E-state index is -0.0287. The first-order valence-corrected chi connectivity index (χ1v) is 7.97. The number of hydrogen-bond acceptors (Lipinski definition) is 0. The first-order valence-electron chi connectivity index (χ1n) is 6.44. The van der Waals surface area contributed by atoms with Gasteiger partial charge in [-0.05, 0) is 29.0 Å². The van der Waals surface area contributed by atoms with Crippen LogP contribution in [0.4, 0.5) is 0 Å². The zero-order valence-corrected chi connectivity index (χ0v) is 13.4. The maximum absolute atomic E-state index is 2.39. The van der Waals surface area contributed by atoms with E-state index in [1.807, 2.05) is 0 Å². The molecule has 0 aromatic heterocycles. The Bertz CT molecular complexity index is 335. The summed E-state index contributed by atoms with van der Waals surface area (Å²) < 4.78 is 0. The van der Waals surface area contributed by atoms with Crippen molar-refractivity contribution < 1.29 is 0 Å². The summed E-state index contributed by atoms with van der Waals surface area (Å²) in [6.45, 7) is 16.5. The zero-order chi connectivity index (χ0) is 13.3. The number of hydrogen-bond donors (Lipinski definition) is 0. The Morgan fingerprint density at radius 2 is 1.24 bits per heavy atom. The molecule has 0 heterocycles. The molecule has 1 aromatic rings. The third-order valence-electron chi connectivity index (χ3n) is 3.08. The summed E-state index contributed by atoms with van der Waals surface area (Å²) in [5.74, 6) is 0. The van der Waals surface area contributed by atoms with Crippen LogP contribution >= 0.6 is 7.92 Å². The van der Waals surface area contributed by atoms with E-state index in [2.05, 4.69) is 72.7 Å². The molecule has 0 amide bonds. The van der Waals surface area contributed by atoms with Crippen molar-refractivity contribution in [2.75, 3.05) is 0 Å². The second-order valence-corrected chi connectivity index (χ2v) is 10.8. The third-order valence-corrected chi connectivity index (χ3v) is 7.00. The molecule has 0 aliphatic carbocycles. The van der Waals surface area contributed by atoms with Crippen LogP contribution in [0.15, 0.2) is 24.3 Å². The third kappa shape index (κ3) is 4.43. The Hall–Kier alpha value is -0.350. The van der Waals surface area contributed by atoms with Crippen LogP contribution in [0.2, 0.25) is 0 Å². The van der Waals surface area contributed by atoms with Gasteiger partial charge in [-0.3, -0.25) is 0 Å². The standard InChI is InChI=1S/C16H27P/c1-13-8-10-14(11-9-13)12-17(15(2,3)4)16(5,6)7/h8-11H,12H2,1-7H3. The highest BCUT2D eigenvalue weighted by molar-refractivity contribution is 7.60. The lowest BCUT2D eigenvalue weighted by Crippen LogP contribution is -2.25. The van der Waals surface area contributed by atoms with E-state index in [9.17, 15) is 0 Å². The normalized spacial score (nSPS) is 13.2. The van der Waals surface area contributed by atoms with Crippen molar-refractivity contribution in [2.45, 2.75) is 64.9 Å². The summed E-state index contributed by atoms with van der Waals surface area (Å²) in [6, 6.07) is 9.05. The molecule has 0 atom stereocenters. The van der Waals surface area contributed by atoms with Gasteiger partial charge in [0.15, 0.2) is 0 Å². The first-order chi connectivity index (χ1) is 7.60. The molecule has 1 heteroatoms. The lowest BCUT2D eigenvalue weighted by molar-refractivity contribution is 0.702. The van der Waals surface area contributed by atoms with E-state index in [4.69, 9.17) is 0 Å². The summed E-state index contributed by atoms with van der Waals surface area (Å²) in [6.07, 6.45) is 1.24. The van der Waals surface area contributed by atoms with Crippen LogP contribution in [0, 0.1) is 6.92 Å². The van der Waals surface area contributed by atoms with Gasteiger partial charge in [-0.15, -0.1) is 0 Å². The van der Waals surface area contributed by atoms with Gasteiger partial charge in [-0.1, -0.05) is 79.3 Å². The minimum absolute atomic E-state index is 0.0287. The van der Waals surface area contributed by atoms with Crippen LogP contribution < -0.4 is 0 Å². The monoisotopic (exact) mass is 250 g/mol. The number of benzene rings is 1. The molecule has 0 unspecified atom stereocenters. The molecular formula is C16H27P. The molecule has 0 aliphatic heterocycles. The highest BCUT2D eigenvalue weighted by Gasteiger charge is 2.33. The first kappa shape index (κ1) is 14.7. The molecule has 96 valence electrons. The average molecular weight is 250 g/mol. The summed E-state index contributed by atoms with van der Waals surface area (Å²) in [5, 5.41) is 0.830. The molecule has 0 nitrogen and oxygen atoms in total. The van der Waals surface area contributed by atoms with Gasteiger partial charge >= 0.3 is 0 Å². The topological polar surface area (TPSA) is 0 Å². The van der Waals surface area contributed by atoms with Crippen LogP contribution in [0.3, 0.4) is 0 Å². The van der Waals surface area contributed by atoms with Crippen LogP contribution in [-0.2, 0) is 6.16 Å². The van der Waals surface area contributed by atoms with Crippen LogP contribution in [-0.4, -0.2) is 10.3 Å². The van der Waals surface area contributed by atoms with Crippen molar-refractivity contribution in [2.24, 2.45) is 0 Å². The molecule has 0 fully saturated rings. The van der Waals surface area contributed by atoms with Gasteiger partial charge < -0.3 is 0 Å².